The van der Waals surface area contributed by atoms with Crippen molar-refractivity contribution in [2.24, 2.45) is 11.7 Å². The summed E-state index contributed by atoms with van der Waals surface area (Å²) in [7, 11) is -1.88. The summed E-state index contributed by atoms with van der Waals surface area (Å²) >= 11 is 0. The minimum atomic E-state index is -3.34. The Morgan fingerprint density at radius 3 is 2.43 bits per heavy atom. The predicted octanol–water partition coefficient (Wildman–Crippen LogP) is 1.87. The molecule has 0 unspecified atom stereocenters. The summed E-state index contributed by atoms with van der Waals surface area (Å²) in [6.45, 7) is 0.536. The second-order valence-corrected chi connectivity index (χ2v) is 7.91. The lowest BCUT2D eigenvalue weighted by Gasteiger charge is -2.22. The minimum Gasteiger partial charge on any atom is -0.381 e. The topological polar surface area (TPSA) is 78.6 Å². The van der Waals surface area contributed by atoms with Gasteiger partial charge < -0.3 is 15.2 Å². The van der Waals surface area contributed by atoms with Crippen LogP contribution in [0.4, 0.5) is 4.39 Å². The summed E-state index contributed by atoms with van der Waals surface area (Å²) in [5, 5.41) is 0. The van der Waals surface area contributed by atoms with Gasteiger partial charge in [-0.3, -0.25) is 0 Å². The molecule has 2 rings (SSSR count). The lowest BCUT2D eigenvalue weighted by Crippen LogP contribution is -2.31. The van der Waals surface area contributed by atoms with Gasteiger partial charge in [0.15, 0.2) is 9.84 Å². The van der Waals surface area contributed by atoms with Crippen LogP contribution in [0.5, 0.6) is 0 Å². The van der Waals surface area contributed by atoms with Crippen molar-refractivity contribution in [2.45, 2.75) is 29.9 Å². The molecular weight excluding hydrogens is 321 g/mol. The number of alkyl halides is 1. The zero-order chi connectivity index (χ0) is 16.9. The van der Waals surface area contributed by atoms with Gasteiger partial charge in [0.05, 0.1) is 22.8 Å². The zero-order valence-corrected chi connectivity index (χ0v) is 14.1. The van der Waals surface area contributed by atoms with Crippen molar-refractivity contribution >= 4 is 9.84 Å². The molecule has 0 bridgehead atoms. The van der Waals surface area contributed by atoms with Crippen LogP contribution in [-0.2, 0) is 19.3 Å². The molecule has 0 saturated carbocycles. The van der Waals surface area contributed by atoms with Gasteiger partial charge in [0, 0.05) is 20.3 Å². The van der Waals surface area contributed by atoms with E-state index < -0.39 is 28.7 Å². The number of halogens is 1. The van der Waals surface area contributed by atoms with E-state index in [1.54, 1.807) is 24.3 Å². The molecule has 1 aromatic rings. The molecule has 1 aromatic carbocycles. The van der Waals surface area contributed by atoms with Crippen molar-refractivity contribution in [2.75, 3.05) is 32.8 Å². The van der Waals surface area contributed by atoms with E-state index in [-0.39, 0.29) is 16.6 Å². The van der Waals surface area contributed by atoms with Gasteiger partial charge >= 0.3 is 0 Å². The highest BCUT2D eigenvalue weighted by Crippen LogP contribution is 2.25. The smallest absolute Gasteiger partial charge is 0.178 e. The molecule has 0 aromatic heterocycles. The Labute approximate surface area is 136 Å². The van der Waals surface area contributed by atoms with Crippen molar-refractivity contribution in [3.05, 3.63) is 29.8 Å². The molecule has 7 heteroatoms. The number of nitrogens with two attached hydrogens (primary N) is 1. The summed E-state index contributed by atoms with van der Waals surface area (Å²) < 4.78 is 48.2. The maximum Gasteiger partial charge on any atom is 0.178 e. The van der Waals surface area contributed by atoms with Gasteiger partial charge in [-0.1, -0.05) is 12.1 Å². The quantitative estimate of drug-likeness (QED) is 0.816. The van der Waals surface area contributed by atoms with Crippen molar-refractivity contribution in [1.29, 1.82) is 0 Å². The second-order valence-electron chi connectivity index (χ2n) is 5.88. The van der Waals surface area contributed by atoms with E-state index in [0.717, 1.165) is 12.8 Å². The highest BCUT2D eigenvalue weighted by Gasteiger charge is 2.24. The van der Waals surface area contributed by atoms with Gasteiger partial charge in [-0.25, -0.2) is 12.8 Å². The van der Waals surface area contributed by atoms with E-state index in [2.05, 4.69) is 0 Å². The van der Waals surface area contributed by atoms with Crippen LogP contribution in [0.3, 0.4) is 0 Å². The lowest BCUT2D eigenvalue weighted by molar-refractivity contribution is 0.0719. The maximum absolute atomic E-state index is 12.7. The number of benzene rings is 1. The normalized spacial score (nSPS) is 19.4. The highest BCUT2D eigenvalue weighted by molar-refractivity contribution is 7.91. The van der Waals surface area contributed by atoms with Crippen LogP contribution >= 0.6 is 0 Å². The second kappa shape index (κ2) is 8.19. The molecular formula is C16H24FNO4S. The van der Waals surface area contributed by atoms with Crippen LogP contribution in [0, 0.1) is 5.92 Å². The number of hydrogen-bond donors (Lipinski definition) is 1. The van der Waals surface area contributed by atoms with Crippen LogP contribution in [0.1, 0.15) is 24.5 Å². The van der Waals surface area contributed by atoms with Crippen molar-refractivity contribution in [3.8, 4) is 0 Å². The van der Waals surface area contributed by atoms with Crippen molar-refractivity contribution in [3.63, 3.8) is 0 Å². The fourth-order valence-electron chi connectivity index (χ4n) is 2.82. The van der Waals surface area contributed by atoms with Crippen LogP contribution in [0.25, 0.3) is 0 Å². The first-order chi connectivity index (χ1) is 11.0. The number of ether oxygens (including phenoxy) is 2. The molecule has 130 valence electrons. The largest absolute Gasteiger partial charge is 0.381 e. The van der Waals surface area contributed by atoms with E-state index >= 15 is 0 Å². The summed E-state index contributed by atoms with van der Waals surface area (Å²) in [5.41, 5.74) is 6.35. The third-order valence-corrected chi connectivity index (χ3v) is 6.09. The van der Waals surface area contributed by atoms with Crippen LogP contribution in [0.2, 0.25) is 0 Å². The van der Waals surface area contributed by atoms with Gasteiger partial charge in [0.2, 0.25) is 0 Å². The van der Waals surface area contributed by atoms with Crippen LogP contribution in [-0.4, -0.2) is 47.2 Å². The minimum absolute atomic E-state index is 0.132. The molecule has 0 radical (unpaired) electrons. The van der Waals surface area contributed by atoms with Gasteiger partial charge in [-0.2, -0.15) is 0 Å². The van der Waals surface area contributed by atoms with Crippen LogP contribution < -0.4 is 5.73 Å². The fourth-order valence-corrected chi connectivity index (χ4v) is 4.52. The molecule has 1 heterocycles. The van der Waals surface area contributed by atoms with E-state index in [0.29, 0.717) is 18.8 Å². The van der Waals surface area contributed by atoms with E-state index in [9.17, 15) is 12.8 Å². The molecule has 2 atom stereocenters. The standard InChI is InChI=1S/C16H24FNO4S/c1-21-16(15(18)10-17)13-2-4-14(5-3-13)23(19,20)11-12-6-8-22-9-7-12/h2-5,12,15-16H,6-11,18H2,1H3/t15-,16-/m1/s1. The number of rotatable bonds is 7. The molecule has 0 spiro atoms. The summed E-state index contributed by atoms with van der Waals surface area (Å²) in [6, 6.07) is 5.59. The Morgan fingerprint density at radius 2 is 1.91 bits per heavy atom. The average Bonchev–Trinajstić information content (AvgIpc) is 2.56. The molecule has 0 aliphatic carbocycles. The zero-order valence-electron chi connectivity index (χ0n) is 13.3. The monoisotopic (exact) mass is 345 g/mol. The van der Waals surface area contributed by atoms with E-state index in [4.69, 9.17) is 15.2 Å². The van der Waals surface area contributed by atoms with Gasteiger partial charge in [-0.15, -0.1) is 0 Å². The van der Waals surface area contributed by atoms with Gasteiger partial charge in [-0.05, 0) is 36.5 Å². The van der Waals surface area contributed by atoms with Gasteiger partial charge in [0.25, 0.3) is 0 Å². The average molecular weight is 345 g/mol. The Hall–Kier alpha value is -1.02. The molecule has 1 aliphatic heterocycles. The highest BCUT2D eigenvalue weighted by atomic mass is 32.2. The van der Waals surface area contributed by atoms with Crippen LogP contribution in [0.15, 0.2) is 29.2 Å². The van der Waals surface area contributed by atoms with Crippen molar-refractivity contribution in [1.82, 2.24) is 0 Å². The Balaban J connectivity index is 2.11. The first kappa shape index (κ1) is 18.3. The third-order valence-electron chi connectivity index (χ3n) is 4.18. The summed E-state index contributed by atoms with van der Waals surface area (Å²) in [5.74, 6) is 0.271. The molecule has 1 fully saturated rings. The van der Waals surface area contributed by atoms with Crippen molar-refractivity contribution < 1.29 is 22.3 Å². The summed E-state index contributed by atoms with van der Waals surface area (Å²) in [4.78, 5) is 0.274. The van der Waals surface area contributed by atoms with E-state index in [1.165, 1.54) is 7.11 Å². The Morgan fingerprint density at radius 1 is 1.30 bits per heavy atom. The molecule has 23 heavy (non-hydrogen) atoms. The number of methoxy groups -OCH3 is 1. The van der Waals surface area contributed by atoms with E-state index in [1.807, 2.05) is 0 Å². The molecule has 2 N–H and O–H groups in total. The molecule has 5 nitrogen and oxygen atoms in total. The predicted molar refractivity (Wildman–Crippen MR) is 85.7 cm³/mol. The maximum atomic E-state index is 12.7. The first-order valence-electron chi connectivity index (χ1n) is 7.72. The first-order valence-corrected chi connectivity index (χ1v) is 9.38. The Bertz CT molecular complexity index is 585. The molecule has 1 saturated heterocycles. The molecule has 1 aliphatic rings. The third kappa shape index (κ3) is 4.73. The molecule has 0 amide bonds. The number of sulfone groups is 1. The fraction of sp³-hybridized carbons (Fsp3) is 0.625. The number of hydrogen-bond acceptors (Lipinski definition) is 5. The summed E-state index contributed by atoms with van der Waals surface area (Å²) in [6.07, 6.45) is 0.954. The lowest BCUT2D eigenvalue weighted by atomic mass is 10.0. The Kier molecular flexibility index (Phi) is 6.52. The SMILES string of the molecule is CO[C@H](c1ccc(S(=O)(=O)CC2CCOCC2)cc1)[C@H](N)CF. The van der Waals surface area contributed by atoms with Gasteiger partial charge in [0.1, 0.15) is 6.67 Å².